The lowest BCUT2D eigenvalue weighted by atomic mass is 10.2. The van der Waals surface area contributed by atoms with E-state index < -0.39 is 18.0 Å². The van der Waals surface area contributed by atoms with E-state index in [4.69, 9.17) is 15.6 Å². The monoisotopic (exact) mass is 359 g/mol. The molecule has 3 N–H and O–H groups in total. The molecule has 0 saturated carbocycles. The van der Waals surface area contributed by atoms with Gasteiger partial charge in [0.25, 0.3) is 0 Å². The van der Waals surface area contributed by atoms with Gasteiger partial charge in [0.05, 0.1) is 12.8 Å². The van der Waals surface area contributed by atoms with Crippen molar-refractivity contribution < 1.29 is 29.0 Å². The maximum atomic E-state index is 11.0. The quantitative estimate of drug-likeness (QED) is 0.734. The summed E-state index contributed by atoms with van der Waals surface area (Å²) in [5.41, 5.74) is 6.61. The van der Waals surface area contributed by atoms with Crippen molar-refractivity contribution in [3.05, 3.63) is 71.8 Å². The Labute approximate surface area is 151 Å². The lowest BCUT2D eigenvalue weighted by Gasteiger charge is -2.03. The molecule has 26 heavy (non-hydrogen) atoms. The second-order valence-electron chi connectivity index (χ2n) is 5.13. The number of hydrogen-bond donors (Lipinski definition) is 2. The molecule has 0 bridgehead atoms. The molecule has 2 aromatic carbocycles. The second-order valence-corrected chi connectivity index (χ2v) is 5.13. The Kier molecular flexibility index (Phi) is 9.61. The summed E-state index contributed by atoms with van der Waals surface area (Å²) in [6.07, 6.45) is -1.01. The summed E-state index contributed by atoms with van der Waals surface area (Å²) in [5.74, 6) is -1.48. The smallest absolute Gasteiger partial charge is 0.404 e. The molecule has 0 aromatic heterocycles. The number of benzene rings is 2. The van der Waals surface area contributed by atoms with Gasteiger partial charge in [-0.3, -0.25) is 9.59 Å². The van der Waals surface area contributed by atoms with E-state index in [1.807, 2.05) is 60.7 Å². The number of nitrogens with two attached hydrogens (primary N) is 1. The van der Waals surface area contributed by atoms with E-state index in [2.05, 4.69) is 4.74 Å². The van der Waals surface area contributed by atoms with E-state index in [9.17, 15) is 14.4 Å². The number of carboxylic acid groups (broad SMARTS) is 1. The van der Waals surface area contributed by atoms with E-state index in [0.29, 0.717) is 0 Å². The Morgan fingerprint density at radius 1 is 0.769 bits per heavy atom. The molecule has 0 fully saturated rings. The fourth-order valence-corrected chi connectivity index (χ4v) is 1.75. The molecule has 0 saturated heterocycles. The SMILES string of the molecule is NC(=O)OCc1ccccc1.O=C(O)CCC(=O)OCc1ccccc1. The molecule has 0 radical (unpaired) electrons. The van der Waals surface area contributed by atoms with E-state index in [-0.39, 0.29) is 26.1 Å². The molecule has 0 heterocycles. The van der Waals surface area contributed by atoms with Gasteiger partial charge in [-0.1, -0.05) is 60.7 Å². The Balaban J connectivity index is 0.000000273. The van der Waals surface area contributed by atoms with Crippen LogP contribution in [-0.2, 0) is 32.3 Å². The zero-order chi connectivity index (χ0) is 19.2. The van der Waals surface area contributed by atoms with Gasteiger partial charge in [-0.2, -0.15) is 0 Å². The average Bonchev–Trinajstić information content (AvgIpc) is 2.65. The first-order chi connectivity index (χ1) is 12.5. The standard InChI is InChI=1S/C11H12O4.C8H9NO2/c12-10(13)6-7-11(14)15-8-9-4-2-1-3-5-9;9-8(10)11-6-7-4-2-1-3-5-7/h1-5H,6-8H2,(H,12,13);1-5H,6H2,(H2,9,10). The lowest BCUT2D eigenvalue weighted by Crippen LogP contribution is -2.12. The number of carbonyl (C=O) groups is 3. The molecule has 0 aliphatic rings. The highest BCUT2D eigenvalue weighted by Crippen LogP contribution is 2.02. The average molecular weight is 359 g/mol. The molecule has 0 atom stereocenters. The van der Waals surface area contributed by atoms with Crippen molar-refractivity contribution in [2.45, 2.75) is 26.1 Å². The molecule has 138 valence electrons. The van der Waals surface area contributed by atoms with Crippen molar-refractivity contribution >= 4 is 18.0 Å². The Morgan fingerprint density at radius 2 is 1.23 bits per heavy atom. The van der Waals surface area contributed by atoms with Crippen molar-refractivity contribution in [2.24, 2.45) is 5.73 Å². The van der Waals surface area contributed by atoms with Crippen LogP contribution in [-0.4, -0.2) is 23.1 Å². The van der Waals surface area contributed by atoms with E-state index in [1.54, 1.807) is 0 Å². The number of esters is 1. The summed E-state index contributed by atoms with van der Waals surface area (Å²) in [5, 5.41) is 8.34. The van der Waals surface area contributed by atoms with Gasteiger partial charge in [0, 0.05) is 0 Å². The number of carboxylic acids is 1. The van der Waals surface area contributed by atoms with Gasteiger partial charge in [0.1, 0.15) is 13.2 Å². The molecule has 7 nitrogen and oxygen atoms in total. The first-order valence-electron chi connectivity index (χ1n) is 7.85. The van der Waals surface area contributed by atoms with Gasteiger partial charge >= 0.3 is 18.0 Å². The van der Waals surface area contributed by atoms with Crippen molar-refractivity contribution in [3.8, 4) is 0 Å². The predicted octanol–water partition coefficient (Wildman–Crippen LogP) is 2.88. The fraction of sp³-hybridized carbons (Fsp3) is 0.211. The highest BCUT2D eigenvalue weighted by atomic mass is 16.5. The van der Waals surface area contributed by atoms with Crippen LogP contribution in [0.25, 0.3) is 0 Å². The predicted molar refractivity (Wildman–Crippen MR) is 93.9 cm³/mol. The molecule has 1 amide bonds. The van der Waals surface area contributed by atoms with E-state index in [0.717, 1.165) is 11.1 Å². The molecule has 2 aromatic rings. The number of hydrogen-bond acceptors (Lipinski definition) is 5. The minimum Gasteiger partial charge on any atom is -0.481 e. The maximum absolute atomic E-state index is 11.0. The Bertz CT molecular complexity index is 688. The van der Waals surface area contributed by atoms with Gasteiger partial charge in [0.15, 0.2) is 0 Å². The first kappa shape index (κ1) is 20.7. The van der Waals surface area contributed by atoms with Gasteiger partial charge in [-0.25, -0.2) is 4.79 Å². The molecular formula is C19H21NO6. The normalized spacial score (nSPS) is 9.38. The van der Waals surface area contributed by atoms with Gasteiger partial charge < -0.3 is 20.3 Å². The zero-order valence-corrected chi connectivity index (χ0v) is 14.2. The Morgan fingerprint density at radius 3 is 1.65 bits per heavy atom. The van der Waals surface area contributed by atoms with Crippen LogP contribution in [0.3, 0.4) is 0 Å². The third-order valence-electron chi connectivity index (χ3n) is 3.01. The molecule has 0 aliphatic heterocycles. The fourth-order valence-electron chi connectivity index (χ4n) is 1.75. The number of aliphatic carboxylic acids is 1. The number of carbonyl (C=O) groups excluding carboxylic acids is 2. The summed E-state index contributed by atoms with van der Waals surface area (Å²) in [4.78, 5) is 31.4. The summed E-state index contributed by atoms with van der Waals surface area (Å²) in [6, 6.07) is 18.6. The minimum atomic E-state index is -0.994. The lowest BCUT2D eigenvalue weighted by molar-refractivity contribution is -0.148. The molecule has 0 aliphatic carbocycles. The van der Waals surface area contributed by atoms with Gasteiger partial charge in [-0.05, 0) is 11.1 Å². The van der Waals surface area contributed by atoms with Crippen LogP contribution in [0.15, 0.2) is 60.7 Å². The van der Waals surface area contributed by atoms with Crippen LogP contribution < -0.4 is 5.73 Å². The van der Waals surface area contributed by atoms with Crippen molar-refractivity contribution in [2.75, 3.05) is 0 Å². The highest BCUT2D eigenvalue weighted by molar-refractivity contribution is 5.76. The number of primary amides is 1. The highest BCUT2D eigenvalue weighted by Gasteiger charge is 2.06. The number of amides is 1. The van der Waals surface area contributed by atoms with Crippen molar-refractivity contribution in [3.63, 3.8) is 0 Å². The van der Waals surface area contributed by atoms with Gasteiger partial charge in [0.2, 0.25) is 0 Å². The van der Waals surface area contributed by atoms with Crippen molar-refractivity contribution in [1.82, 2.24) is 0 Å². The van der Waals surface area contributed by atoms with Crippen LogP contribution in [0.5, 0.6) is 0 Å². The van der Waals surface area contributed by atoms with Gasteiger partial charge in [-0.15, -0.1) is 0 Å². The molecular weight excluding hydrogens is 338 g/mol. The summed E-state index contributed by atoms with van der Waals surface area (Å²) in [7, 11) is 0. The molecule has 7 heteroatoms. The van der Waals surface area contributed by atoms with E-state index >= 15 is 0 Å². The minimum absolute atomic E-state index is 0.0812. The van der Waals surface area contributed by atoms with Crippen LogP contribution in [0.4, 0.5) is 4.79 Å². The van der Waals surface area contributed by atoms with Crippen molar-refractivity contribution in [1.29, 1.82) is 0 Å². The molecule has 0 unspecified atom stereocenters. The maximum Gasteiger partial charge on any atom is 0.404 e. The second kappa shape index (κ2) is 12.1. The van der Waals surface area contributed by atoms with Crippen LogP contribution in [0.1, 0.15) is 24.0 Å². The summed E-state index contributed by atoms with van der Waals surface area (Å²) < 4.78 is 9.44. The third-order valence-corrected chi connectivity index (χ3v) is 3.01. The molecule has 2 rings (SSSR count). The zero-order valence-electron chi connectivity index (χ0n) is 14.2. The summed E-state index contributed by atoms with van der Waals surface area (Å²) >= 11 is 0. The molecule has 0 spiro atoms. The van der Waals surface area contributed by atoms with Crippen LogP contribution in [0.2, 0.25) is 0 Å². The van der Waals surface area contributed by atoms with E-state index in [1.165, 1.54) is 0 Å². The third kappa shape index (κ3) is 10.4. The van der Waals surface area contributed by atoms with Crippen LogP contribution in [0, 0.1) is 0 Å². The van der Waals surface area contributed by atoms with Crippen LogP contribution >= 0.6 is 0 Å². The number of ether oxygens (including phenoxy) is 2. The topological polar surface area (TPSA) is 116 Å². The number of rotatable bonds is 7. The summed E-state index contributed by atoms with van der Waals surface area (Å²) in [6.45, 7) is 0.440. The Hall–Kier alpha value is -3.35. The largest absolute Gasteiger partial charge is 0.481 e. The first-order valence-corrected chi connectivity index (χ1v) is 7.85.